The van der Waals surface area contributed by atoms with Crippen molar-refractivity contribution < 1.29 is 29.3 Å². The summed E-state index contributed by atoms with van der Waals surface area (Å²) < 4.78 is 12.2. The van der Waals surface area contributed by atoms with Crippen molar-refractivity contribution in [3.05, 3.63) is 42.2 Å². The third-order valence-electron chi connectivity index (χ3n) is 10.0. The number of aliphatic hydroxyl groups is 2. The summed E-state index contributed by atoms with van der Waals surface area (Å²) in [6.45, 7) is 10.5. The maximum atomic E-state index is 14.1. The van der Waals surface area contributed by atoms with E-state index in [0.717, 1.165) is 5.56 Å². The van der Waals surface area contributed by atoms with Gasteiger partial charge in [0.25, 0.3) is 0 Å². The van der Waals surface area contributed by atoms with Gasteiger partial charge in [-0.1, -0.05) is 32.9 Å². The highest BCUT2D eigenvalue weighted by Gasteiger charge is 2.73. The molecule has 2 spiro atoms. The molecule has 0 radical (unpaired) electrons. The van der Waals surface area contributed by atoms with Gasteiger partial charge in [-0.3, -0.25) is 14.5 Å². The molecular weight excluding hydrogens is 474 g/mol. The molecule has 1 aromatic carbocycles. The number of benzene rings is 1. The number of rotatable bonds is 0. The topological polar surface area (TPSA) is 112 Å². The van der Waals surface area contributed by atoms with E-state index in [1.54, 1.807) is 23.1 Å². The van der Waals surface area contributed by atoms with Crippen molar-refractivity contribution in [3.63, 3.8) is 0 Å². The van der Waals surface area contributed by atoms with Crippen molar-refractivity contribution in [2.24, 2.45) is 11.3 Å². The van der Waals surface area contributed by atoms with Crippen molar-refractivity contribution in [1.82, 2.24) is 9.80 Å². The Bertz CT molecular complexity index is 1270. The van der Waals surface area contributed by atoms with Crippen molar-refractivity contribution in [2.75, 3.05) is 18.9 Å². The van der Waals surface area contributed by atoms with Gasteiger partial charge in [0, 0.05) is 13.6 Å². The van der Waals surface area contributed by atoms with Gasteiger partial charge in [-0.2, -0.15) is 0 Å². The molecule has 2 fully saturated rings. The summed E-state index contributed by atoms with van der Waals surface area (Å²) in [5, 5.41) is 24.5. The predicted molar refractivity (Wildman–Crippen MR) is 136 cm³/mol. The zero-order chi connectivity index (χ0) is 26.7. The first-order chi connectivity index (χ1) is 17.3. The molecule has 1 aliphatic carbocycles. The van der Waals surface area contributed by atoms with E-state index < -0.39 is 40.3 Å². The van der Waals surface area contributed by atoms with Gasteiger partial charge in [0.05, 0.1) is 29.0 Å². The van der Waals surface area contributed by atoms with Crippen LogP contribution >= 0.6 is 0 Å². The Hall–Kier alpha value is -2.88. The molecular formula is C28H35N3O6. The minimum absolute atomic E-state index is 0.128. The number of carbonyl (C=O) groups excluding carboxylic acids is 2. The number of ether oxygens (including phenoxy) is 2. The maximum absolute atomic E-state index is 14.1. The van der Waals surface area contributed by atoms with Crippen LogP contribution < -0.4 is 14.8 Å². The van der Waals surface area contributed by atoms with Crippen LogP contribution in [-0.4, -0.2) is 74.9 Å². The molecule has 9 nitrogen and oxygen atoms in total. The van der Waals surface area contributed by atoms with E-state index >= 15 is 0 Å². The van der Waals surface area contributed by atoms with Gasteiger partial charge < -0.3 is 29.9 Å². The maximum Gasteiger partial charge on any atom is 0.243 e. The molecule has 4 heterocycles. The van der Waals surface area contributed by atoms with E-state index in [4.69, 9.17) is 9.47 Å². The van der Waals surface area contributed by atoms with Gasteiger partial charge in [-0.15, -0.1) is 0 Å². The van der Waals surface area contributed by atoms with Gasteiger partial charge >= 0.3 is 0 Å². The zero-order valence-electron chi connectivity index (χ0n) is 22.1. The smallest absolute Gasteiger partial charge is 0.243 e. The quantitative estimate of drug-likeness (QED) is 0.460. The Labute approximate surface area is 216 Å². The molecule has 4 aliphatic heterocycles. The van der Waals surface area contributed by atoms with Crippen LogP contribution in [-0.2, 0) is 15.0 Å². The van der Waals surface area contributed by atoms with Gasteiger partial charge in [0.1, 0.15) is 17.9 Å². The average Bonchev–Trinajstić information content (AvgIpc) is 3.11. The highest BCUT2D eigenvalue weighted by Crippen LogP contribution is 2.68. The summed E-state index contributed by atoms with van der Waals surface area (Å²) in [6.07, 6.45) is 4.79. The zero-order valence-corrected chi connectivity index (χ0v) is 22.1. The number of aliphatic hydroxyl groups excluding tert-OH is 2. The lowest BCUT2D eigenvalue weighted by Gasteiger charge is -2.55. The molecule has 37 heavy (non-hydrogen) atoms. The second-order valence-corrected chi connectivity index (χ2v) is 12.3. The fourth-order valence-electron chi connectivity index (χ4n) is 7.57. The first kappa shape index (κ1) is 24.5. The molecule has 1 aromatic rings. The lowest BCUT2D eigenvalue weighted by molar-refractivity contribution is -0.172. The van der Waals surface area contributed by atoms with Crippen LogP contribution in [0.15, 0.2) is 36.6 Å². The van der Waals surface area contributed by atoms with Crippen LogP contribution in [0.25, 0.3) is 0 Å². The standard InChI is InChI=1S/C28H35N3O6/c1-15-26(4,5)28(13-27(15)14-31-19(33)10-8-17(32)21(31)23(34)30(27)6)16-7-9-18-22(20(16)29-24(28)35)36-12-11-25(2,3)37-18/h7-12,15,17,19,21,32-33H,13-14H2,1-6H3,(H,29,35)/t15?,17?,19?,21-,27?,28-/m1/s1. The highest BCUT2D eigenvalue weighted by molar-refractivity contribution is 6.09. The average molecular weight is 510 g/mol. The summed E-state index contributed by atoms with van der Waals surface area (Å²) in [5.74, 6) is 0.502. The van der Waals surface area contributed by atoms with Gasteiger partial charge in [-0.25, -0.2) is 0 Å². The van der Waals surface area contributed by atoms with Crippen molar-refractivity contribution in [3.8, 4) is 11.5 Å². The minimum atomic E-state index is -1.00. The number of nitrogens with zero attached hydrogens (tertiary/aromatic N) is 2. The molecule has 6 rings (SSSR count). The molecule has 6 atom stereocenters. The van der Waals surface area contributed by atoms with E-state index in [9.17, 15) is 19.8 Å². The predicted octanol–water partition coefficient (Wildman–Crippen LogP) is 2.14. The van der Waals surface area contributed by atoms with Crippen LogP contribution in [0.5, 0.6) is 11.5 Å². The molecule has 198 valence electrons. The lowest BCUT2D eigenvalue weighted by Crippen LogP contribution is -2.73. The molecule has 1 saturated carbocycles. The Morgan fingerprint density at radius 1 is 1.11 bits per heavy atom. The molecule has 3 N–H and O–H groups in total. The molecule has 5 aliphatic rings. The van der Waals surface area contributed by atoms with Crippen LogP contribution in [0.1, 0.15) is 46.6 Å². The summed E-state index contributed by atoms with van der Waals surface area (Å²) in [4.78, 5) is 31.2. The largest absolute Gasteiger partial charge is 0.480 e. The Kier molecular flexibility index (Phi) is 4.87. The number of nitrogens with one attached hydrogen (secondary N) is 1. The summed E-state index contributed by atoms with van der Waals surface area (Å²) in [7, 11) is 1.76. The number of amides is 2. The van der Waals surface area contributed by atoms with E-state index in [1.165, 1.54) is 12.2 Å². The Morgan fingerprint density at radius 3 is 2.57 bits per heavy atom. The second kappa shape index (κ2) is 7.36. The third kappa shape index (κ3) is 2.90. The second-order valence-electron chi connectivity index (χ2n) is 12.3. The number of carbonyl (C=O) groups is 2. The highest BCUT2D eigenvalue weighted by atomic mass is 16.5. The summed E-state index contributed by atoms with van der Waals surface area (Å²) >= 11 is 0. The SMILES string of the molecule is CC1C2(CN3C(O)C=CC(O)[C@@H]3C(=O)N2C)C[C@@]2(C(=O)Nc3c2ccc2c3OC=CC(C)(C)O2)C1(C)C. The number of fused-ring (bicyclic) bond motifs is 5. The number of hydrogen-bond acceptors (Lipinski definition) is 7. The summed E-state index contributed by atoms with van der Waals surface area (Å²) in [5.41, 5.74) is -1.43. The van der Waals surface area contributed by atoms with Crippen LogP contribution in [0.4, 0.5) is 5.69 Å². The minimum Gasteiger partial charge on any atom is -0.480 e. The third-order valence-corrected chi connectivity index (χ3v) is 10.0. The fourth-order valence-corrected chi connectivity index (χ4v) is 7.57. The number of hydrogen-bond donors (Lipinski definition) is 3. The Morgan fingerprint density at radius 2 is 1.84 bits per heavy atom. The number of likely N-dealkylation sites (N-methyl/N-ethyl adjacent to an activating group) is 1. The molecule has 4 unspecified atom stereocenters. The fraction of sp³-hybridized carbons (Fsp3) is 0.571. The summed E-state index contributed by atoms with van der Waals surface area (Å²) in [6, 6.07) is 2.95. The van der Waals surface area contributed by atoms with E-state index in [1.807, 2.05) is 32.1 Å². The first-order valence-electron chi connectivity index (χ1n) is 12.9. The van der Waals surface area contributed by atoms with Gasteiger partial charge in [0.2, 0.25) is 11.8 Å². The normalized spacial score (nSPS) is 39.1. The molecule has 1 saturated heterocycles. The van der Waals surface area contributed by atoms with E-state index in [-0.39, 0.29) is 17.7 Å². The van der Waals surface area contributed by atoms with Crippen molar-refractivity contribution in [2.45, 2.75) is 76.0 Å². The van der Waals surface area contributed by atoms with Gasteiger partial charge in [-0.05, 0) is 55.4 Å². The van der Waals surface area contributed by atoms with E-state index in [2.05, 4.69) is 26.1 Å². The van der Waals surface area contributed by atoms with E-state index in [0.29, 0.717) is 30.2 Å². The molecule has 2 amide bonds. The molecule has 0 aromatic heterocycles. The first-order valence-corrected chi connectivity index (χ1v) is 12.9. The molecule has 9 heteroatoms. The van der Waals surface area contributed by atoms with Crippen LogP contribution in [0.3, 0.4) is 0 Å². The monoisotopic (exact) mass is 509 g/mol. The molecule has 0 bridgehead atoms. The lowest BCUT2D eigenvalue weighted by atomic mass is 9.62. The van der Waals surface area contributed by atoms with Crippen LogP contribution in [0.2, 0.25) is 0 Å². The number of anilines is 1. The van der Waals surface area contributed by atoms with Crippen LogP contribution in [0, 0.1) is 11.3 Å². The van der Waals surface area contributed by atoms with Crippen molar-refractivity contribution in [1.29, 1.82) is 0 Å². The Balaban J connectivity index is 1.49. The van der Waals surface area contributed by atoms with Crippen molar-refractivity contribution >= 4 is 17.5 Å². The van der Waals surface area contributed by atoms with Gasteiger partial charge in [0.15, 0.2) is 11.5 Å². The number of piperazine rings is 1.